The minimum atomic E-state index is 0.525. The van der Waals surface area contributed by atoms with E-state index in [1.165, 1.54) is 10.8 Å². The number of rotatable bonds is 8. The van der Waals surface area contributed by atoms with Crippen LogP contribution in [0, 0.1) is 0 Å². The Morgan fingerprint density at radius 2 is 0.693 bits per heavy atom. The lowest BCUT2D eigenvalue weighted by molar-refractivity contribution is 0.953. The molecule has 0 spiro atoms. The summed E-state index contributed by atoms with van der Waals surface area (Å²) in [5, 5.41) is 6.90. The molecule has 0 bridgehead atoms. The van der Waals surface area contributed by atoms with E-state index in [-0.39, 0.29) is 0 Å². The zero-order chi connectivity index (χ0) is 49.4. The van der Waals surface area contributed by atoms with Gasteiger partial charge in [-0.1, -0.05) is 218 Å². The van der Waals surface area contributed by atoms with Crippen molar-refractivity contribution in [3.8, 4) is 73.5 Å². The molecule has 0 atom stereocenters. The molecule has 0 saturated heterocycles. The Bertz CT molecular complexity index is 4630. The molecule has 0 aliphatic heterocycles. The summed E-state index contributed by atoms with van der Waals surface area (Å²) in [5.74, 6) is 1.69. The van der Waals surface area contributed by atoms with Crippen molar-refractivity contribution in [3.05, 3.63) is 267 Å². The first-order valence-corrected chi connectivity index (χ1v) is 25.4. The van der Waals surface area contributed by atoms with Gasteiger partial charge in [-0.15, -0.1) is 0 Å². The summed E-state index contributed by atoms with van der Waals surface area (Å²) in [6, 6.07) is 95.2. The molecule has 15 rings (SSSR count). The average molecular weight is 957 g/mol. The molecule has 0 N–H and O–H groups in total. The van der Waals surface area contributed by atoms with Gasteiger partial charge in [-0.3, -0.25) is 4.57 Å². The highest BCUT2D eigenvalue weighted by Gasteiger charge is 2.26. The SMILES string of the molecule is c1ccc(-c2ccc(-c3nc(-c4cccc(-c5ccccc5)c4)nc(-n4c5ccc(-n6c7ccccc7c7ccccc76)cc5c5ccc6c7ccccc7n(-c7ccccc7-c7ccccc7)c6c54)n3)cc2)cc1. The van der Waals surface area contributed by atoms with Gasteiger partial charge in [0.25, 0.3) is 0 Å². The van der Waals surface area contributed by atoms with E-state index in [1.54, 1.807) is 0 Å². The molecule has 0 amide bonds. The van der Waals surface area contributed by atoms with Crippen LogP contribution in [0.4, 0.5) is 0 Å². The predicted octanol–water partition coefficient (Wildman–Crippen LogP) is 17.5. The number of aromatic nitrogens is 6. The lowest BCUT2D eigenvalue weighted by atomic mass is 10.0. The molecule has 15 aromatic rings. The third-order valence-corrected chi connectivity index (χ3v) is 14.9. The lowest BCUT2D eigenvalue weighted by Gasteiger charge is -2.16. The summed E-state index contributed by atoms with van der Waals surface area (Å²) in [6.07, 6.45) is 0. The van der Waals surface area contributed by atoms with Crippen LogP contribution in [-0.4, -0.2) is 28.7 Å². The first-order valence-electron chi connectivity index (χ1n) is 25.4. The molecule has 6 nitrogen and oxygen atoms in total. The van der Waals surface area contributed by atoms with E-state index in [9.17, 15) is 0 Å². The Hall–Kier alpha value is -10.2. The van der Waals surface area contributed by atoms with Crippen molar-refractivity contribution in [3.63, 3.8) is 0 Å². The van der Waals surface area contributed by atoms with Crippen LogP contribution in [-0.2, 0) is 0 Å². The van der Waals surface area contributed by atoms with Gasteiger partial charge >= 0.3 is 0 Å². The van der Waals surface area contributed by atoms with Crippen LogP contribution in [0.15, 0.2) is 267 Å². The highest BCUT2D eigenvalue weighted by Crippen LogP contribution is 2.44. The van der Waals surface area contributed by atoms with Crippen molar-refractivity contribution in [1.82, 2.24) is 28.7 Å². The fourth-order valence-corrected chi connectivity index (χ4v) is 11.5. The van der Waals surface area contributed by atoms with Crippen LogP contribution in [0.1, 0.15) is 0 Å². The molecule has 4 aromatic heterocycles. The largest absolute Gasteiger partial charge is 0.309 e. The van der Waals surface area contributed by atoms with Crippen LogP contribution in [0.25, 0.3) is 139 Å². The second-order valence-electron chi connectivity index (χ2n) is 19.2. The number of benzene rings is 11. The highest BCUT2D eigenvalue weighted by molar-refractivity contribution is 6.24. The molecule has 4 heterocycles. The molecule has 0 radical (unpaired) electrons. The van der Waals surface area contributed by atoms with Crippen LogP contribution >= 0.6 is 0 Å². The van der Waals surface area contributed by atoms with Crippen molar-refractivity contribution < 1.29 is 0 Å². The first kappa shape index (κ1) is 42.5. The average Bonchev–Trinajstić information content (AvgIpc) is 4.15. The summed E-state index contributed by atoms with van der Waals surface area (Å²) in [4.78, 5) is 16.5. The van der Waals surface area contributed by atoms with Gasteiger partial charge in [-0.2, -0.15) is 9.97 Å². The zero-order valence-electron chi connectivity index (χ0n) is 40.6. The van der Waals surface area contributed by atoms with Gasteiger partial charge in [0.15, 0.2) is 11.6 Å². The Balaban J connectivity index is 1.07. The van der Waals surface area contributed by atoms with E-state index < -0.39 is 0 Å². The van der Waals surface area contributed by atoms with E-state index in [0.717, 1.165) is 111 Å². The van der Waals surface area contributed by atoms with Gasteiger partial charge in [0.05, 0.1) is 38.8 Å². The third kappa shape index (κ3) is 6.92. The molecule has 75 heavy (non-hydrogen) atoms. The molecule has 6 heteroatoms. The van der Waals surface area contributed by atoms with Gasteiger partial charge in [-0.25, -0.2) is 4.98 Å². The topological polar surface area (TPSA) is 53.5 Å². The van der Waals surface area contributed by atoms with E-state index in [0.29, 0.717) is 17.6 Å². The summed E-state index contributed by atoms with van der Waals surface area (Å²) in [6.45, 7) is 0. The molecular weight excluding hydrogens is 913 g/mol. The summed E-state index contributed by atoms with van der Waals surface area (Å²) in [7, 11) is 0. The van der Waals surface area contributed by atoms with Crippen LogP contribution < -0.4 is 0 Å². The molecule has 0 saturated carbocycles. The van der Waals surface area contributed by atoms with Crippen LogP contribution in [0.3, 0.4) is 0 Å². The van der Waals surface area contributed by atoms with Crippen molar-refractivity contribution in [2.24, 2.45) is 0 Å². The van der Waals surface area contributed by atoms with E-state index in [2.05, 4.69) is 275 Å². The fraction of sp³-hybridized carbons (Fsp3) is 0. The highest BCUT2D eigenvalue weighted by atomic mass is 15.2. The Morgan fingerprint density at radius 3 is 1.36 bits per heavy atom. The maximum Gasteiger partial charge on any atom is 0.238 e. The first-order chi connectivity index (χ1) is 37.2. The molecule has 0 aliphatic carbocycles. The summed E-state index contributed by atoms with van der Waals surface area (Å²) < 4.78 is 7.17. The normalized spacial score (nSPS) is 11.7. The minimum absolute atomic E-state index is 0.525. The summed E-state index contributed by atoms with van der Waals surface area (Å²) >= 11 is 0. The molecule has 0 aliphatic rings. The smallest absolute Gasteiger partial charge is 0.238 e. The fourth-order valence-electron chi connectivity index (χ4n) is 11.5. The second-order valence-corrected chi connectivity index (χ2v) is 19.2. The minimum Gasteiger partial charge on any atom is -0.309 e. The van der Waals surface area contributed by atoms with Crippen molar-refractivity contribution in [2.45, 2.75) is 0 Å². The van der Waals surface area contributed by atoms with Gasteiger partial charge < -0.3 is 9.13 Å². The van der Waals surface area contributed by atoms with Gasteiger partial charge in [0, 0.05) is 54.7 Å². The second kappa shape index (κ2) is 17.3. The molecule has 11 aromatic carbocycles. The van der Waals surface area contributed by atoms with Gasteiger partial charge in [0.2, 0.25) is 5.95 Å². The standard InChI is InChI=1S/C69H44N6/c1-4-19-45(20-5-1)47-35-37-49(38-36-47)67-70-68(51-26-18-25-50(43-51)46-21-6-2-7-22-46)72-69(71-67)75-64-42-39-52(73-61-32-15-11-28-54(61)55-29-12-16-33-62(55)73)44-59(64)58-41-40-57-56-30-13-17-34-63(56)74(65(57)66(58)75)60-31-14-10-27-53(60)48-23-8-3-9-24-48/h1-44H. The van der Waals surface area contributed by atoms with Gasteiger partial charge in [0.1, 0.15) is 0 Å². The molecule has 350 valence electrons. The van der Waals surface area contributed by atoms with Gasteiger partial charge in [-0.05, 0) is 76.3 Å². The Kier molecular flexibility index (Phi) is 9.78. The Morgan fingerprint density at radius 1 is 0.240 bits per heavy atom. The molecule has 0 unspecified atom stereocenters. The number of para-hydroxylation sites is 4. The number of hydrogen-bond donors (Lipinski definition) is 0. The number of fused-ring (bicyclic) bond motifs is 10. The number of hydrogen-bond acceptors (Lipinski definition) is 3. The van der Waals surface area contributed by atoms with E-state index in [4.69, 9.17) is 15.0 Å². The predicted molar refractivity (Wildman–Crippen MR) is 310 cm³/mol. The lowest BCUT2D eigenvalue weighted by Crippen LogP contribution is -2.07. The van der Waals surface area contributed by atoms with Crippen molar-refractivity contribution >= 4 is 65.4 Å². The molecule has 0 fully saturated rings. The monoisotopic (exact) mass is 956 g/mol. The van der Waals surface area contributed by atoms with Crippen LogP contribution in [0.2, 0.25) is 0 Å². The quantitative estimate of drug-likeness (QED) is 0.152. The van der Waals surface area contributed by atoms with E-state index in [1.807, 2.05) is 6.07 Å². The van der Waals surface area contributed by atoms with Crippen molar-refractivity contribution in [2.75, 3.05) is 0 Å². The van der Waals surface area contributed by atoms with Crippen molar-refractivity contribution in [1.29, 1.82) is 0 Å². The maximum absolute atomic E-state index is 5.58. The van der Waals surface area contributed by atoms with E-state index >= 15 is 0 Å². The Labute approximate surface area is 432 Å². The molecular formula is C69H44N6. The number of nitrogens with zero attached hydrogens (tertiary/aromatic N) is 6. The summed E-state index contributed by atoms with van der Waals surface area (Å²) in [5.41, 5.74) is 17.2. The third-order valence-electron chi connectivity index (χ3n) is 14.9. The maximum atomic E-state index is 5.58. The zero-order valence-corrected chi connectivity index (χ0v) is 40.6. The van der Waals surface area contributed by atoms with Crippen LogP contribution in [0.5, 0.6) is 0 Å².